The molecule has 0 aromatic carbocycles. The standard InChI is InChI=1S/C11H14N4/c1-3-9-10(14-15(2)11(9)12)8-4-6-13-7-5-8/h4-7H,3,12H2,1-2H3. The monoisotopic (exact) mass is 202 g/mol. The average molecular weight is 202 g/mol. The van der Waals surface area contributed by atoms with Crippen LogP contribution in [0.3, 0.4) is 0 Å². The summed E-state index contributed by atoms with van der Waals surface area (Å²) in [5, 5.41) is 4.42. The fraction of sp³-hybridized carbons (Fsp3) is 0.273. The van der Waals surface area contributed by atoms with Crippen LogP contribution in [0.25, 0.3) is 11.3 Å². The number of rotatable bonds is 2. The second-order valence-electron chi connectivity index (χ2n) is 3.43. The maximum atomic E-state index is 5.94. The molecule has 0 atom stereocenters. The Morgan fingerprint density at radius 1 is 1.33 bits per heavy atom. The lowest BCUT2D eigenvalue weighted by Crippen LogP contribution is -1.98. The molecule has 0 aliphatic rings. The number of nitrogens with two attached hydrogens (primary N) is 1. The Balaban J connectivity index is 2.58. The Hall–Kier alpha value is -1.84. The molecule has 0 aliphatic heterocycles. The van der Waals surface area contributed by atoms with Gasteiger partial charge in [-0.15, -0.1) is 0 Å². The summed E-state index contributed by atoms with van der Waals surface area (Å²) in [5.74, 6) is 0.740. The van der Waals surface area contributed by atoms with E-state index in [1.807, 2.05) is 19.2 Å². The Bertz CT molecular complexity index is 459. The highest BCUT2D eigenvalue weighted by atomic mass is 15.3. The first kappa shape index (κ1) is 9.71. The SMILES string of the molecule is CCc1c(-c2ccncc2)nn(C)c1N. The third-order valence-electron chi connectivity index (χ3n) is 2.50. The summed E-state index contributed by atoms with van der Waals surface area (Å²) >= 11 is 0. The predicted molar refractivity (Wildman–Crippen MR) is 60.2 cm³/mol. The van der Waals surface area contributed by atoms with Crippen LogP contribution in [0.2, 0.25) is 0 Å². The van der Waals surface area contributed by atoms with Crippen molar-refractivity contribution in [2.24, 2.45) is 7.05 Å². The normalized spacial score (nSPS) is 10.5. The summed E-state index contributed by atoms with van der Waals surface area (Å²) < 4.78 is 1.72. The number of hydrogen-bond donors (Lipinski definition) is 1. The van der Waals surface area contributed by atoms with Gasteiger partial charge in [0.05, 0.1) is 5.69 Å². The molecule has 4 heteroatoms. The van der Waals surface area contributed by atoms with E-state index in [-0.39, 0.29) is 0 Å². The number of hydrogen-bond acceptors (Lipinski definition) is 3. The van der Waals surface area contributed by atoms with Gasteiger partial charge in [-0.25, -0.2) is 0 Å². The van der Waals surface area contributed by atoms with E-state index in [2.05, 4.69) is 17.0 Å². The van der Waals surface area contributed by atoms with E-state index in [4.69, 9.17) is 5.73 Å². The number of nitrogen functional groups attached to an aromatic ring is 1. The van der Waals surface area contributed by atoms with E-state index in [1.165, 1.54) is 0 Å². The van der Waals surface area contributed by atoms with Crippen molar-refractivity contribution < 1.29 is 0 Å². The molecule has 15 heavy (non-hydrogen) atoms. The molecule has 0 radical (unpaired) electrons. The van der Waals surface area contributed by atoms with E-state index in [9.17, 15) is 0 Å². The van der Waals surface area contributed by atoms with Gasteiger partial charge in [-0.2, -0.15) is 5.10 Å². The first-order chi connectivity index (χ1) is 7.24. The van der Waals surface area contributed by atoms with Crippen LogP contribution in [0.4, 0.5) is 5.82 Å². The molecule has 0 unspecified atom stereocenters. The summed E-state index contributed by atoms with van der Waals surface area (Å²) in [6.45, 7) is 2.08. The maximum absolute atomic E-state index is 5.94. The van der Waals surface area contributed by atoms with Gasteiger partial charge in [0.25, 0.3) is 0 Å². The highest BCUT2D eigenvalue weighted by Crippen LogP contribution is 2.26. The van der Waals surface area contributed by atoms with Crippen LogP contribution < -0.4 is 5.73 Å². The lowest BCUT2D eigenvalue weighted by atomic mass is 10.1. The number of anilines is 1. The highest BCUT2D eigenvalue weighted by molar-refractivity contribution is 5.67. The third-order valence-corrected chi connectivity index (χ3v) is 2.50. The number of pyridine rings is 1. The zero-order valence-corrected chi connectivity index (χ0v) is 8.94. The first-order valence-electron chi connectivity index (χ1n) is 4.95. The Morgan fingerprint density at radius 3 is 2.60 bits per heavy atom. The molecular formula is C11H14N4. The molecule has 78 valence electrons. The van der Waals surface area contributed by atoms with Crippen molar-refractivity contribution in [1.82, 2.24) is 14.8 Å². The van der Waals surface area contributed by atoms with E-state index < -0.39 is 0 Å². The lowest BCUT2D eigenvalue weighted by molar-refractivity contribution is 0.781. The van der Waals surface area contributed by atoms with Gasteiger partial charge in [-0.3, -0.25) is 9.67 Å². The van der Waals surface area contributed by atoms with Crippen LogP contribution in [0.15, 0.2) is 24.5 Å². The van der Waals surface area contributed by atoms with Gasteiger partial charge in [-0.05, 0) is 18.6 Å². The number of aromatic nitrogens is 3. The van der Waals surface area contributed by atoms with Gasteiger partial charge in [-0.1, -0.05) is 6.92 Å². The molecule has 0 fully saturated rings. The van der Waals surface area contributed by atoms with Crippen molar-refractivity contribution in [3.63, 3.8) is 0 Å². The molecule has 0 spiro atoms. The molecule has 2 aromatic heterocycles. The minimum atomic E-state index is 0.740. The van der Waals surface area contributed by atoms with Crippen molar-refractivity contribution in [2.75, 3.05) is 5.73 Å². The lowest BCUT2D eigenvalue weighted by Gasteiger charge is -1.99. The van der Waals surface area contributed by atoms with Crippen molar-refractivity contribution in [2.45, 2.75) is 13.3 Å². The molecule has 2 rings (SSSR count). The van der Waals surface area contributed by atoms with Crippen LogP contribution in [-0.2, 0) is 13.5 Å². The largest absolute Gasteiger partial charge is 0.384 e. The third kappa shape index (κ3) is 1.58. The van der Waals surface area contributed by atoms with Gasteiger partial charge in [0.2, 0.25) is 0 Å². The Kier molecular flexibility index (Phi) is 2.41. The molecule has 0 saturated carbocycles. The molecule has 0 bridgehead atoms. The van der Waals surface area contributed by atoms with Gasteiger partial charge in [0.15, 0.2) is 0 Å². The van der Waals surface area contributed by atoms with Crippen LogP contribution in [0.5, 0.6) is 0 Å². The van der Waals surface area contributed by atoms with Crippen molar-refractivity contribution in [1.29, 1.82) is 0 Å². The van der Waals surface area contributed by atoms with E-state index >= 15 is 0 Å². The summed E-state index contributed by atoms with van der Waals surface area (Å²) in [7, 11) is 1.86. The Labute approximate surface area is 88.8 Å². The Morgan fingerprint density at radius 2 is 2.00 bits per heavy atom. The molecular weight excluding hydrogens is 188 g/mol. The van der Waals surface area contributed by atoms with Crippen LogP contribution in [0, 0.1) is 0 Å². The maximum Gasteiger partial charge on any atom is 0.125 e. The molecule has 4 nitrogen and oxygen atoms in total. The van der Waals surface area contributed by atoms with Gasteiger partial charge >= 0.3 is 0 Å². The molecule has 0 saturated heterocycles. The minimum Gasteiger partial charge on any atom is -0.384 e. The molecule has 2 N–H and O–H groups in total. The van der Waals surface area contributed by atoms with Gasteiger partial charge < -0.3 is 5.73 Å². The number of nitrogens with zero attached hydrogens (tertiary/aromatic N) is 3. The van der Waals surface area contributed by atoms with Crippen molar-refractivity contribution in [3.8, 4) is 11.3 Å². The molecule has 2 heterocycles. The average Bonchev–Trinajstić information content (AvgIpc) is 2.56. The molecule has 0 aliphatic carbocycles. The predicted octanol–water partition coefficient (Wildman–Crippen LogP) is 1.63. The van der Waals surface area contributed by atoms with Crippen LogP contribution in [-0.4, -0.2) is 14.8 Å². The summed E-state index contributed by atoms with van der Waals surface area (Å²) in [4.78, 5) is 3.99. The smallest absolute Gasteiger partial charge is 0.125 e. The second-order valence-corrected chi connectivity index (χ2v) is 3.43. The fourth-order valence-corrected chi connectivity index (χ4v) is 1.67. The molecule has 0 amide bonds. The van der Waals surface area contributed by atoms with Crippen molar-refractivity contribution in [3.05, 3.63) is 30.1 Å². The van der Waals surface area contributed by atoms with Gasteiger partial charge in [0.1, 0.15) is 5.82 Å². The van der Waals surface area contributed by atoms with Crippen molar-refractivity contribution >= 4 is 5.82 Å². The zero-order valence-electron chi connectivity index (χ0n) is 8.94. The van der Waals surface area contributed by atoms with E-state index in [0.717, 1.165) is 29.1 Å². The molecule has 2 aromatic rings. The summed E-state index contributed by atoms with van der Waals surface area (Å²) in [5.41, 5.74) is 9.06. The van der Waals surface area contributed by atoms with Crippen LogP contribution >= 0.6 is 0 Å². The van der Waals surface area contributed by atoms with E-state index in [1.54, 1.807) is 17.1 Å². The second kappa shape index (κ2) is 3.73. The summed E-state index contributed by atoms with van der Waals surface area (Å²) in [6.07, 6.45) is 4.41. The van der Waals surface area contributed by atoms with Gasteiger partial charge in [0, 0.05) is 30.6 Å². The zero-order chi connectivity index (χ0) is 10.8. The quantitative estimate of drug-likeness (QED) is 0.805. The van der Waals surface area contributed by atoms with Crippen LogP contribution in [0.1, 0.15) is 12.5 Å². The first-order valence-corrected chi connectivity index (χ1v) is 4.95. The highest BCUT2D eigenvalue weighted by Gasteiger charge is 2.12. The summed E-state index contributed by atoms with van der Waals surface area (Å²) in [6, 6.07) is 3.89. The topological polar surface area (TPSA) is 56.7 Å². The van der Waals surface area contributed by atoms with E-state index in [0.29, 0.717) is 0 Å². The minimum absolute atomic E-state index is 0.740. The fourth-order valence-electron chi connectivity index (χ4n) is 1.67. The number of aryl methyl sites for hydroxylation is 1.